The molecule has 0 radical (unpaired) electrons. The second-order valence-corrected chi connectivity index (χ2v) is 6.11. The van der Waals surface area contributed by atoms with Crippen molar-refractivity contribution in [3.63, 3.8) is 0 Å². The van der Waals surface area contributed by atoms with Crippen LogP contribution in [0.1, 0.15) is 51.0 Å². The summed E-state index contributed by atoms with van der Waals surface area (Å²) in [5, 5.41) is 3.10. The molecular formula is C18H26N2O2. The number of rotatable bonds is 5. The van der Waals surface area contributed by atoms with Gasteiger partial charge in [0, 0.05) is 31.6 Å². The van der Waals surface area contributed by atoms with Crippen molar-refractivity contribution in [1.29, 1.82) is 0 Å². The molecular weight excluding hydrogens is 276 g/mol. The van der Waals surface area contributed by atoms with Crippen LogP contribution < -0.4 is 10.2 Å². The number of amides is 2. The molecule has 1 aromatic carbocycles. The summed E-state index contributed by atoms with van der Waals surface area (Å²) in [6.45, 7) is 3.96. The van der Waals surface area contributed by atoms with Crippen LogP contribution >= 0.6 is 0 Å². The van der Waals surface area contributed by atoms with Gasteiger partial charge in [0.2, 0.25) is 11.8 Å². The molecule has 0 aromatic heterocycles. The van der Waals surface area contributed by atoms with E-state index in [0.29, 0.717) is 19.0 Å². The Bertz CT molecular complexity index is 522. The fraction of sp³-hybridized carbons (Fsp3) is 0.556. The number of hydrogen-bond acceptors (Lipinski definition) is 2. The van der Waals surface area contributed by atoms with Crippen molar-refractivity contribution in [3.05, 3.63) is 29.8 Å². The first kappa shape index (κ1) is 16.5. The van der Waals surface area contributed by atoms with Crippen LogP contribution in [-0.4, -0.2) is 24.4 Å². The highest BCUT2D eigenvalue weighted by molar-refractivity contribution is 5.93. The zero-order chi connectivity index (χ0) is 15.9. The van der Waals surface area contributed by atoms with E-state index < -0.39 is 0 Å². The molecule has 1 aliphatic rings. The molecule has 0 atom stereocenters. The van der Waals surface area contributed by atoms with Gasteiger partial charge in [0.05, 0.1) is 0 Å². The molecule has 0 bridgehead atoms. The minimum atomic E-state index is -0.0280. The third-order valence-electron chi connectivity index (χ3n) is 4.32. The van der Waals surface area contributed by atoms with Crippen LogP contribution in [0.25, 0.3) is 0 Å². The van der Waals surface area contributed by atoms with Crippen molar-refractivity contribution in [1.82, 2.24) is 5.32 Å². The number of carbonyl (C=O) groups excluding carboxylic acids is 2. The molecule has 1 aliphatic carbocycles. The first-order valence-electron chi connectivity index (χ1n) is 8.21. The van der Waals surface area contributed by atoms with E-state index in [1.54, 1.807) is 11.8 Å². The standard InChI is InChI=1S/C18H26N2O2/c1-14-8-6-7-11-17(14)20(15(2)21)13-12-18(22)19-16-9-4-3-5-10-16/h6-8,11,16H,3-5,9-10,12-13H2,1-2H3,(H,19,22). The minimum Gasteiger partial charge on any atom is -0.353 e. The van der Waals surface area contributed by atoms with E-state index in [-0.39, 0.29) is 11.8 Å². The molecule has 1 fully saturated rings. The average molecular weight is 302 g/mol. The number of anilines is 1. The van der Waals surface area contributed by atoms with Gasteiger partial charge in [0.15, 0.2) is 0 Å². The Hall–Kier alpha value is -1.84. The molecule has 0 aliphatic heterocycles. The van der Waals surface area contributed by atoms with Gasteiger partial charge >= 0.3 is 0 Å². The van der Waals surface area contributed by atoms with Crippen LogP contribution in [0.3, 0.4) is 0 Å². The molecule has 2 amide bonds. The molecule has 0 unspecified atom stereocenters. The summed E-state index contributed by atoms with van der Waals surface area (Å²) in [6, 6.07) is 8.10. The SMILES string of the molecule is CC(=O)N(CCC(=O)NC1CCCCC1)c1ccccc1C. The lowest BCUT2D eigenvalue weighted by Gasteiger charge is -2.25. The monoisotopic (exact) mass is 302 g/mol. The molecule has 22 heavy (non-hydrogen) atoms. The maximum absolute atomic E-state index is 12.1. The Labute approximate surface area is 132 Å². The summed E-state index contributed by atoms with van der Waals surface area (Å²) in [5.74, 6) is 0.0199. The maximum atomic E-state index is 12.1. The van der Waals surface area contributed by atoms with E-state index in [1.807, 2.05) is 31.2 Å². The van der Waals surface area contributed by atoms with E-state index in [2.05, 4.69) is 5.32 Å². The number of aryl methyl sites for hydroxylation is 1. The van der Waals surface area contributed by atoms with Crippen LogP contribution in [0.2, 0.25) is 0 Å². The van der Waals surface area contributed by atoms with Gasteiger partial charge in [-0.25, -0.2) is 0 Å². The molecule has 0 spiro atoms. The van der Waals surface area contributed by atoms with Crippen molar-refractivity contribution in [3.8, 4) is 0 Å². The van der Waals surface area contributed by atoms with Gasteiger partial charge in [-0.1, -0.05) is 37.5 Å². The lowest BCUT2D eigenvalue weighted by Crippen LogP contribution is -2.39. The third-order valence-corrected chi connectivity index (χ3v) is 4.32. The van der Waals surface area contributed by atoms with Crippen molar-refractivity contribution >= 4 is 17.5 Å². The first-order valence-corrected chi connectivity index (χ1v) is 8.21. The van der Waals surface area contributed by atoms with Gasteiger partial charge in [-0.2, -0.15) is 0 Å². The van der Waals surface area contributed by atoms with Crippen LogP contribution in [0.5, 0.6) is 0 Å². The van der Waals surface area contributed by atoms with E-state index in [9.17, 15) is 9.59 Å². The van der Waals surface area contributed by atoms with Crippen LogP contribution in [0.15, 0.2) is 24.3 Å². The second-order valence-electron chi connectivity index (χ2n) is 6.11. The summed E-state index contributed by atoms with van der Waals surface area (Å²) in [7, 11) is 0. The van der Waals surface area contributed by atoms with Crippen LogP contribution in [0, 0.1) is 6.92 Å². The maximum Gasteiger partial charge on any atom is 0.223 e. The lowest BCUT2D eigenvalue weighted by atomic mass is 9.95. The Kier molecular flexibility index (Phi) is 5.99. The number of para-hydroxylation sites is 1. The molecule has 120 valence electrons. The second kappa shape index (κ2) is 7.97. The van der Waals surface area contributed by atoms with Gasteiger partial charge in [-0.15, -0.1) is 0 Å². The number of carbonyl (C=O) groups is 2. The third kappa shape index (κ3) is 4.58. The number of nitrogens with zero attached hydrogens (tertiary/aromatic N) is 1. The Morgan fingerprint density at radius 2 is 1.86 bits per heavy atom. The van der Waals surface area contributed by atoms with Gasteiger partial charge in [-0.05, 0) is 31.4 Å². The molecule has 1 aromatic rings. The first-order chi connectivity index (χ1) is 10.6. The lowest BCUT2D eigenvalue weighted by molar-refractivity contribution is -0.121. The fourth-order valence-electron chi connectivity index (χ4n) is 3.07. The van der Waals surface area contributed by atoms with Crippen molar-refractivity contribution < 1.29 is 9.59 Å². The molecule has 0 saturated heterocycles. The number of hydrogen-bond donors (Lipinski definition) is 1. The topological polar surface area (TPSA) is 49.4 Å². The summed E-state index contributed by atoms with van der Waals surface area (Å²) >= 11 is 0. The van der Waals surface area contributed by atoms with Crippen LogP contribution in [0.4, 0.5) is 5.69 Å². The Balaban J connectivity index is 1.90. The highest BCUT2D eigenvalue weighted by atomic mass is 16.2. The summed E-state index contributed by atoms with van der Waals surface area (Å²) in [5.41, 5.74) is 1.94. The van der Waals surface area contributed by atoms with Crippen molar-refractivity contribution in [2.24, 2.45) is 0 Å². The molecule has 4 nitrogen and oxygen atoms in total. The highest BCUT2D eigenvalue weighted by Gasteiger charge is 2.18. The fourth-order valence-corrected chi connectivity index (χ4v) is 3.07. The molecule has 1 saturated carbocycles. The number of nitrogens with one attached hydrogen (secondary N) is 1. The predicted molar refractivity (Wildman–Crippen MR) is 88.8 cm³/mol. The molecule has 1 N–H and O–H groups in total. The van der Waals surface area contributed by atoms with Gasteiger partial charge in [-0.3, -0.25) is 9.59 Å². The van der Waals surface area contributed by atoms with Gasteiger partial charge in [0.25, 0.3) is 0 Å². The zero-order valence-corrected chi connectivity index (χ0v) is 13.6. The summed E-state index contributed by atoms with van der Waals surface area (Å²) in [6.07, 6.45) is 6.20. The highest BCUT2D eigenvalue weighted by Crippen LogP contribution is 2.20. The number of benzene rings is 1. The van der Waals surface area contributed by atoms with Crippen LogP contribution in [-0.2, 0) is 9.59 Å². The smallest absolute Gasteiger partial charge is 0.223 e. The minimum absolute atomic E-state index is 0.0280. The van der Waals surface area contributed by atoms with E-state index in [0.717, 1.165) is 24.1 Å². The van der Waals surface area contributed by atoms with Crippen molar-refractivity contribution in [2.75, 3.05) is 11.4 Å². The zero-order valence-electron chi connectivity index (χ0n) is 13.6. The van der Waals surface area contributed by atoms with E-state index in [4.69, 9.17) is 0 Å². The largest absolute Gasteiger partial charge is 0.353 e. The van der Waals surface area contributed by atoms with Crippen molar-refractivity contribution in [2.45, 2.75) is 58.4 Å². The molecule has 2 rings (SSSR count). The average Bonchev–Trinajstić information content (AvgIpc) is 2.50. The quantitative estimate of drug-likeness (QED) is 0.908. The Morgan fingerprint density at radius 1 is 1.18 bits per heavy atom. The summed E-state index contributed by atoms with van der Waals surface area (Å²) < 4.78 is 0. The molecule has 0 heterocycles. The Morgan fingerprint density at radius 3 is 2.50 bits per heavy atom. The predicted octanol–water partition coefficient (Wildman–Crippen LogP) is 3.19. The molecule has 4 heteroatoms. The normalized spacial score (nSPS) is 15.4. The van der Waals surface area contributed by atoms with E-state index in [1.165, 1.54) is 19.3 Å². The van der Waals surface area contributed by atoms with Gasteiger partial charge < -0.3 is 10.2 Å². The van der Waals surface area contributed by atoms with E-state index >= 15 is 0 Å². The summed E-state index contributed by atoms with van der Waals surface area (Å²) in [4.78, 5) is 25.7. The van der Waals surface area contributed by atoms with Gasteiger partial charge in [0.1, 0.15) is 0 Å².